The summed E-state index contributed by atoms with van der Waals surface area (Å²) in [7, 11) is 0. The minimum absolute atomic E-state index is 0.595. The Kier molecular flexibility index (Phi) is 6.62. The third-order valence-electron chi connectivity index (χ3n) is 4.86. The van der Waals surface area contributed by atoms with Gasteiger partial charge in [-0.05, 0) is 49.6 Å². The molecule has 2 heterocycles. The topological polar surface area (TPSA) is 61.5 Å². The molecule has 0 amide bonds. The summed E-state index contributed by atoms with van der Waals surface area (Å²) in [6, 6.07) is 14.4. The van der Waals surface area contributed by atoms with Crippen LogP contribution in [0.25, 0.3) is 17.1 Å². The molecule has 0 fully saturated rings. The lowest BCUT2D eigenvalue weighted by atomic mass is 10.1. The van der Waals surface area contributed by atoms with E-state index in [1.165, 1.54) is 16.9 Å². The molecule has 0 saturated carbocycles. The summed E-state index contributed by atoms with van der Waals surface area (Å²) in [4.78, 5) is 0.788. The van der Waals surface area contributed by atoms with E-state index >= 15 is 0 Å². The first kappa shape index (κ1) is 21.1. The van der Waals surface area contributed by atoms with E-state index in [9.17, 15) is 0 Å². The number of ether oxygens (including phenoxy) is 2. The smallest absolute Gasteiger partial charge is 0.234 e. The molecule has 0 unspecified atom stereocenters. The van der Waals surface area contributed by atoms with Gasteiger partial charge in [-0.2, -0.15) is 9.61 Å². The number of rotatable bonds is 9. The van der Waals surface area contributed by atoms with Crippen molar-refractivity contribution in [2.24, 2.45) is 0 Å². The Morgan fingerprint density at radius 2 is 1.71 bits per heavy atom. The molecule has 0 aliphatic heterocycles. The molecule has 0 saturated heterocycles. The lowest BCUT2D eigenvalue weighted by Gasteiger charge is -2.14. The van der Waals surface area contributed by atoms with Gasteiger partial charge in [-0.25, -0.2) is 0 Å². The average molecular weight is 435 g/mol. The Balaban J connectivity index is 1.62. The summed E-state index contributed by atoms with van der Waals surface area (Å²) in [6.07, 6.45) is 5.63. The fraction of sp³-hybridized carbons (Fsp3) is 0.292. The number of hydrogen-bond donors (Lipinski definition) is 0. The average Bonchev–Trinajstić information content (AvgIpc) is 3.36. The van der Waals surface area contributed by atoms with Crippen LogP contribution in [-0.4, -0.2) is 33.0 Å². The number of aryl methyl sites for hydroxylation is 1. The second-order valence-corrected chi connectivity index (χ2v) is 7.95. The highest BCUT2D eigenvalue weighted by molar-refractivity contribution is 7.17. The number of aromatic nitrogens is 4. The van der Waals surface area contributed by atoms with E-state index in [-0.39, 0.29) is 0 Å². The predicted octanol–water partition coefficient (Wildman–Crippen LogP) is 5.31. The van der Waals surface area contributed by atoms with Crippen LogP contribution in [0.1, 0.15) is 48.3 Å². The summed E-state index contributed by atoms with van der Waals surface area (Å²) in [6.45, 7) is 7.33. The highest BCUT2D eigenvalue weighted by atomic mass is 32.1. The van der Waals surface area contributed by atoms with E-state index in [0.717, 1.165) is 44.8 Å². The Morgan fingerprint density at radius 3 is 2.45 bits per heavy atom. The Morgan fingerprint density at radius 1 is 0.935 bits per heavy atom. The van der Waals surface area contributed by atoms with E-state index in [0.29, 0.717) is 19.6 Å². The fourth-order valence-electron chi connectivity index (χ4n) is 3.39. The van der Waals surface area contributed by atoms with Gasteiger partial charge >= 0.3 is 0 Å². The fourth-order valence-corrected chi connectivity index (χ4v) is 4.15. The van der Waals surface area contributed by atoms with Crippen molar-refractivity contribution in [1.82, 2.24) is 19.8 Å². The van der Waals surface area contributed by atoms with Gasteiger partial charge < -0.3 is 9.47 Å². The Labute approximate surface area is 186 Å². The van der Waals surface area contributed by atoms with Crippen LogP contribution in [-0.2, 0) is 12.8 Å². The van der Waals surface area contributed by atoms with Crippen molar-refractivity contribution in [2.45, 2.75) is 33.6 Å². The monoisotopic (exact) mass is 434 g/mol. The van der Waals surface area contributed by atoms with Gasteiger partial charge in [0.15, 0.2) is 5.82 Å². The van der Waals surface area contributed by atoms with Crippen molar-refractivity contribution >= 4 is 28.4 Å². The number of hydrogen-bond acceptors (Lipinski definition) is 6. The van der Waals surface area contributed by atoms with E-state index in [4.69, 9.17) is 14.6 Å². The van der Waals surface area contributed by atoms with Gasteiger partial charge in [-0.15, -0.1) is 10.2 Å². The van der Waals surface area contributed by atoms with E-state index in [1.54, 1.807) is 0 Å². The summed E-state index contributed by atoms with van der Waals surface area (Å²) < 4.78 is 13.5. The molecule has 6 nitrogen and oxygen atoms in total. The first-order chi connectivity index (χ1) is 15.2. The summed E-state index contributed by atoms with van der Waals surface area (Å²) in [5, 5.41) is 14.2. The zero-order valence-electron chi connectivity index (χ0n) is 18.0. The highest BCUT2D eigenvalue weighted by Gasteiger charge is 2.12. The lowest BCUT2D eigenvalue weighted by molar-refractivity contribution is 0.320. The van der Waals surface area contributed by atoms with Crippen molar-refractivity contribution in [1.29, 1.82) is 0 Å². The molecule has 0 radical (unpaired) electrons. The normalized spacial score (nSPS) is 11.5. The van der Waals surface area contributed by atoms with Crippen LogP contribution in [0.3, 0.4) is 0 Å². The van der Waals surface area contributed by atoms with Crippen molar-refractivity contribution in [3.05, 3.63) is 70.0 Å². The van der Waals surface area contributed by atoms with Crippen LogP contribution in [0.2, 0.25) is 0 Å². The zero-order valence-corrected chi connectivity index (χ0v) is 18.9. The van der Waals surface area contributed by atoms with Crippen molar-refractivity contribution in [3.8, 4) is 11.5 Å². The Hall–Kier alpha value is -3.19. The summed E-state index contributed by atoms with van der Waals surface area (Å²) in [5.41, 5.74) is 3.36. The standard InChI is InChI=1S/C24H26N4O2S/c1-4-18-15-19(21(30-6-3)16-20(18)29-5-2)12-13-23-27-28-22(25-26-24(28)31-23)14-17-10-8-7-9-11-17/h7-13,15-16H,4-6,14H2,1-3H3/b13-12+. The maximum Gasteiger partial charge on any atom is 0.234 e. The molecular formula is C24H26N4O2S. The molecule has 0 atom stereocenters. The van der Waals surface area contributed by atoms with E-state index in [2.05, 4.69) is 35.3 Å². The minimum atomic E-state index is 0.595. The van der Waals surface area contributed by atoms with Gasteiger partial charge in [0.1, 0.15) is 16.5 Å². The van der Waals surface area contributed by atoms with Gasteiger partial charge in [0.05, 0.1) is 13.2 Å². The number of benzene rings is 2. The second kappa shape index (κ2) is 9.75. The largest absolute Gasteiger partial charge is 0.493 e. The second-order valence-electron chi connectivity index (χ2n) is 6.96. The van der Waals surface area contributed by atoms with Crippen molar-refractivity contribution in [3.63, 3.8) is 0 Å². The van der Waals surface area contributed by atoms with Gasteiger partial charge in [0, 0.05) is 18.1 Å². The van der Waals surface area contributed by atoms with Gasteiger partial charge in [-0.1, -0.05) is 48.6 Å². The first-order valence-corrected chi connectivity index (χ1v) is 11.4. The molecule has 0 spiro atoms. The Bertz CT molecular complexity index is 1180. The van der Waals surface area contributed by atoms with Crippen LogP contribution >= 0.6 is 11.3 Å². The molecule has 0 aliphatic rings. The molecule has 160 valence electrons. The van der Waals surface area contributed by atoms with Crippen LogP contribution in [0.15, 0.2) is 42.5 Å². The molecule has 2 aromatic heterocycles. The molecular weight excluding hydrogens is 408 g/mol. The zero-order chi connectivity index (χ0) is 21.6. The van der Waals surface area contributed by atoms with Gasteiger partial charge in [0.25, 0.3) is 0 Å². The molecule has 7 heteroatoms. The third-order valence-corrected chi connectivity index (χ3v) is 5.72. The van der Waals surface area contributed by atoms with Gasteiger partial charge in [-0.3, -0.25) is 0 Å². The quantitative estimate of drug-likeness (QED) is 0.357. The van der Waals surface area contributed by atoms with Crippen molar-refractivity contribution < 1.29 is 9.47 Å². The molecule has 0 aliphatic carbocycles. The number of fused-ring (bicyclic) bond motifs is 1. The predicted molar refractivity (Wildman–Crippen MR) is 125 cm³/mol. The summed E-state index contributed by atoms with van der Waals surface area (Å²) in [5.74, 6) is 2.53. The molecule has 31 heavy (non-hydrogen) atoms. The van der Waals surface area contributed by atoms with Crippen LogP contribution in [0.4, 0.5) is 0 Å². The van der Waals surface area contributed by atoms with E-state index < -0.39 is 0 Å². The summed E-state index contributed by atoms with van der Waals surface area (Å²) >= 11 is 1.51. The number of nitrogens with zero attached hydrogens (tertiary/aromatic N) is 4. The maximum atomic E-state index is 5.87. The lowest BCUT2D eigenvalue weighted by Crippen LogP contribution is -2.00. The SMILES string of the molecule is CCOc1cc(OCC)c(CC)cc1/C=C/c1nn2c(Cc3ccccc3)nnc2s1. The highest BCUT2D eigenvalue weighted by Crippen LogP contribution is 2.31. The molecule has 0 N–H and O–H groups in total. The van der Waals surface area contributed by atoms with Crippen LogP contribution in [0.5, 0.6) is 11.5 Å². The molecule has 0 bridgehead atoms. The molecule has 4 aromatic rings. The minimum Gasteiger partial charge on any atom is -0.493 e. The third kappa shape index (κ3) is 4.77. The molecule has 2 aromatic carbocycles. The maximum absolute atomic E-state index is 5.87. The van der Waals surface area contributed by atoms with E-state index in [1.807, 2.05) is 54.8 Å². The van der Waals surface area contributed by atoms with Crippen LogP contribution < -0.4 is 9.47 Å². The van der Waals surface area contributed by atoms with Gasteiger partial charge in [0.2, 0.25) is 4.96 Å². The first-order valence-electron chi connectivity index (χ1n) is 10.6. The van der Waals surface area contributed by atoms with Crippen LogP contribution in [0, 0.1) is 0 Å². The van der Waals surface area contributed by atoms with Crippen molar-refractivity contribution in [2.75, 3.05) is 13.2 Å². The molecule has 4 rings (SSSR count).